The molecule has 0 bridgehead atoms. The normalized spacial score (nSPS) is 11.6. The van der Waals surface area contributed by atoms with Crippen molar-refractivity contribution < 1.29 is 18.0 Å². The first-order chi connectivity index (χ1) is 8.85. The zero-order valence-electron chi connectivity index (χ0n) is 10.6. The molecule has 1 heterocycles. The van der Waals surface area contributed by atoms with Gasteiger partial charge in [-0.15, -0.1) is 0 Å². The molecule has 0 unspecified atom stereocenters. The number of nitrogens with one attached hydrogen (secondary N) is 1. The molecule has 0 aliphatic heterocycles. The highest BCUT2D eigenvalue weighted by Gasteiger charge is 2.26. The summed E-state index contributed by atoms with van der Waals surface area (Å²) in [6, 6.07) is 0. The number of rotatable bonds is 6. The third-order valence-electron chi connectivity index (χ3n) is 2.62. The second-order valence-electron chi connectivity index (χ2n) is 4.13. The molecular weight excluding hydrogens is 261 g/mol. The molecule has 1 amide bonds. The van der Waals surface area contributed by atoms with Gasteiger partial charge < -0.3 is 11.1 Å². The summed E-state index contributed by atoms with van der Waals surface area (Å²) in [5.41, 5.74) is 6.29. The van der Waals surface area contributed by atoms with Gasteiger partial charge in [-0.2, -0.15) is 18.3 Å². The van der Waals surface area contributed by atoms with E-state index in [1.807, 2.05) is 0 Å². The second-order valence-corrected chi connectivity index (χ2v) is 4.13. The highest BCUT2D eigenvalue weighted by atomic mass is 19.4. The van der Waals surface area contributed by atoms with E-state index in [0.717, 1.165) is 6.42 Å². The van der Waals surface area contributed by atoms with E-state index in [9.17, 15) is 18.0 Å². The molecule has 0 spiro atoms. The molecule has 1 aromatic heterocycles. The first-order valence-corrected chi connectivity index (χ1v) is 5.92. The number of carbonyl (C=O) groups is 1. The van der Waals surface area contributed by atoms with E-state index in [1.54, 1.807) is 11.6 Å². The molecule has 3 N–H and O–H groups in total. The molecule has 0 aromatic carbocycles. The van der Waals surface area contributed by atoms with E-state index in [1.165, 1.54) is 6.20 Å². The number of aryl methyl sites for hydroxylation is 1. The number of hydrogen-bond donors (Lipinski definition) is 2. The Labute approximate surface area is 109 Å². The standard InChI is InChI=1S/C11H17F3N4O/c1-8-9(7-17-18(8)6-2-4-15)10(19)16-5-3-11(12,13)14/h7H,2-6,15H2,1H3,(H,16,19). The lowest BCUT2D eigenvalue weighted by Gasteiger charge is -2.08. The maximum atomic E-state index is 12.0. The number of halogens is 3. The zero-order chi connectivity index (χ0) is 14.5. The Morgan fingerprint density at radius 3 is 2.79 bits per heavy atom. The fourth-order valence-corrected chi connectivity index (χ4v) is 1.55. The number of nitrogens with two attached hydrogens (primary N) is 1. The van der Waals surface area contributed by atoms with E-state index in [2.05, 4.69) is 10.4 Å². The Hall–Kier alpha value is -1.57. The van der Waals surface area contributed by atoms with E-state index < -0.39 is 25.0 Å². The van der Waals surface area contributed by atoms with Crippen molar-refractivity contribution in [2.45, 2.75) is 32.5 Å². The molecule has 1 rings (SSSR count). The number of alkyl halides is 3. The molecule has 0 fully saturated rings. The van der Waals surface area contributed by atoms with E-state index in [0.29, 0.717) is 24.3 Å². The van der Waals surface area contributed by atoms with Gasteiger partial charge in [0.1, 0.15) is 0 Å². The van der Waals surface area contributed by atoms with Crippen molar-refractivity contribution in [2.24, 2.45) is 5.73 Å². The van der Waals surface area contributed by atoms with E-state index in [-0.39, 0.29) is 0 Å². The minimum Gasteiger partial charge on any atom is -0.352 e. The molecule has 0 aliphatic rings. The molecule has 8 heteroatoms. The van der Waals surface area contributed by atoms with E-state index in [4.69, 9.17) is 5.73 Å². The lowest BCUT2D eigenvalue weighted by molar-refractivity contribution is -0.132. The molecule has 0 radical (unpaired) electrons. The smallest absolute Gasteiger partial charge is 0.352 e. The number of hydrogen-bond acceptors (Lipinski definition) is 3. The van der Waals surface area contributed by atoms with E-state index >= 15 is 0 Å². The summed E-state index contributed by atoms with van der Waals surface area (Å²) in [5.74, 6) is -0.541. The Bertz CT molecular complexity index is 428. The van der Waals surface area contributed by atoms with Crippen molar-refractivity contribution in [3.05, 3.63) is 17.5 Å². The molecule has 1 aromatic rings. The van der Waals surface area contributed by atoms with Crippen LogP contribution >= 0.6 is 0 Å². The quantitative estimate of drug-likeness (QED) is 0.821. The van der Waals surface area contributed by atoms with Crippen LogP contribution in [0.3, 0.4) is 0 Å². The van der Waals surface area contributed by atoms with Gasteiger partial charge in [-0.1, -0.05) is 0 Å². The van der Waals surface area contributed by atoms with Crippen LogP contribution in [0.25, 0.3) is 0 Å². The maximum absolute atomic E-state index is 12.0. The molecule has 19 heavy (non-hydrogen) atoms. The highest BCUT2D eigenvalue weighted by Crippen LogP contribution is 2.18. The van der Waals surface area contributed by atoms with Crippen LogP contribution in [0.1, 0.15) is 28.9 Å². The van der Waals surface area contributed by atoms with Gasteiger partial charge in [-0.25, -0.2) is 0 Å². The summed E-state index contributed by atoms with van der Waals surface area (Å²) in [6.45, 7) is 2.35. The summed E-state index contributed by atoms with van der Waals surface area (Å²) in [5, 5.41) is 6.24. The third-order valence-corrected chi connectivity index (χ3v) is 2.62. The zero-order valence-corrected chi connectivity index (χ0v) is 10.6. The van der Waals surface area contributed by atoms with Crippen molar-refractivity contribution in [2.75, 3.05) is 13.1 Å². The Kier molecular flexibility index (Phi) is 5.34. The van der Waals surface area contributed by atoms with Crippen LogP contribution in [-0.2, 0) is 6.54 Å². The first kappa shape index (κ1) is 15.5. The van der Waals surface area contributed by atoms with Gasteiger partial charge in [0.05, 0.1) is 18.2 Å². The van der Waals surface area contributed by atoms with Gasteiger partial charge in [-0.3, -0.25) is 9.48 Å². The van der Waals surface area contributed by atoms with Crippen molar-refractivity contribution in [3.8, 4) is 0 Å². The molecule has 0 atom stereocenters. The van der Waals surface area contributed by atoms with Crippen LogP contribution in [-0.4, -0.2) is 35.0 Å². The largest absolute Gasteiger partial charge is 0.390 e. The highest BCUT2D eigenvalue weighted by molar-refractivity contribution is 5.94. The molecule has 5 nitrogen and oxygen atoms in total. The number of aromatic nitrogens is 2. The van der Waals surface area contributed by atoms with Crippen LogP contribution < -0.4 is 11.1 Å². The third kappa shape index (κ3) is 4.90. The summed E-state index contributed by atoms with van der Waals surface area (Å²) >= 11 is 0. The lowest BCUT2D eigenvalue weighted by atomic mass is 10.2. The van der Waals surface area contributed by atoms with Gasteiger partial charge in [0.2, 0.25) is 0 Å². The Morgan fingerprint density at radius 1 is 1.53 bits per heavy atom. The summed E-state index contributed by atoms with van der Waals surface area (Å²) in [7, 11) is 0. The van der Waals surface area contributed by atoms with Gasteiger partial charge in [0, 0.05) is 18.8 Å². The van der Waals surface area contributed by atoms with Crippen LogP contribution in [0.5, 0.6) is 0 Å². The molecular formula is C11H17F3N4O. The second kappa shape index (κ2) is 6.55. The fourth-order valence-electron chi connectivity index (χ4n) is 1.55. The number of nitrogens with zero attached hydrogens (tertiary/aromatic N) is 2. The van der Waals surface area contributed by atoms with Crippen molar-refractivity contribution in [1.29, 1.82) is 0 Å². The van der Waals surface area contributed by atoms with Gasteiger partial charge in [0.25, 0.3) is 5.91 Å². The Balaban J connectivity index is 2.55. The van der Waals surface area contributed by atoms with Crippen LogP contribution in [0.2, 0.25) is 0 Å². The summed E-state index contributed by atoms with van der Waals surface area (Å²) < 4.78 is 37.5. The predicted octanol–water partition coefficient (Wildman–Crippen LogP) is 1.22. The number of carbonyl (C=O) groups excluding carboxylic acids is 1. The SMILES string of the molecule is Cc1c(C(=O)NCCC(F)(F)F)cnn1CCCN. The maximum Gasteiger partial charge on any atom is 0.390 e. The average molecular weight is 278 g/mol. The Morgan fingerprint density at radius 2 is 2.21 bits per heavy atom. The summed E-state index contributed by atoms with van der Waals surface area (Å²) in [6.07, 6.45) is -3.24. The van der Waals surface area contributed by atoms with Crippen LogP contribution in [0, 0.1) is 6.92 Å². The average Bonchev–Trinajstić information content (AvgIpc) is 2.66. The first-order valence-electron chi connectivity index (χ1n) is 5.92. The van der Waals surface area contributed by atoms with Crippen LogP contribution in [0.4, 0.5) is 13.2 Å². The predicted molar refractivity (Wildman–Crippen MR) is 63.6 cm³/mol. The monoisotopic (exact) mass is 278 g/mol. The number of amides is 1. The molecule has 0 aliphatic carbocycles. The van der Waals surface area contributed by atoms with Gasteiger partial charge in [-0.05, 0) is 19.9 Å². The van der Waals surface area contributed by atoms with Crippen molar-refractivity contribution in [3.63, 3.8) is 0 Å². The summed E-state index contributed by atoms with van der Waals surface area (Å²) in [4.78, 5) is 11.7. The molecule has 0 saturated heterocycles. The molecule has 108 valence electrons. The molecule has 0 saturated carbocycles. The van der Waals surface area contributed by atoms with Gasteiger partial charge >= 0.3 is 6.18 Å². The topological polar surface area (TPSA) is 72.9 Å². The van der Waals surface area contributed by atoms with Crippen LogP contribution in [0.15, 0.2) is 6.20 Å². The fraction of sp³-hybridized carbons (Fsp3) is 0.636. The lowest BCUT2D eigenvalue weighted by Crippen LogP contribution is -2.28. The van der Waals surface area contributed by atoms with Gasteiger partial charge in [0.15, 0.2) is 0 Å². The van der Waals surface area contributed by atoms with Crippen molar-refractivity contribution in [1.82, 2.24) is 15.1 Å². The minimum absolute atomic E-state index is 0.291. The van der Waals surface area contributed by atoms with Crippen molar-refractivity contribution >= 4 is 5.91 Å². The minimum atomic E-state index is -4.27.